The van der Waals surface area contributed by atoms with Crippen LogP contribution in [0.25, 0.3) is 0 Å². The second-order valence-electron chi connectivity index (χ2n) is 3.11. The first kappa shape index (κ1) is 10.6. The monoisotopic (exact) mass is 195 g/mol. The van der Waals surface area contributed by atoms with Crippen LogP contribution in [0, 0.1) is 0 Å². The van der Waals surface area contributed by atoms with Crippen molar-refractivity contribution in [2.24, 2.45) is 5.73 Å². The van der Waals surface area contributed by atoms with Crippen molar-refractivity contribution in [2.45, 2.75) is 19.4 Å². The number of benzene rings is 1. The van der Waals surface area contributed by atoms with E-state index in [1.165, 1.54) is 5.56 Å². The van der Waals surface area contributed by atoms with Gasteiger partial charge in [0.05, 0.1) is 0 Å². The molecule has 2 heteroatoms. The lowest BCUT2D eigenvalue weighted by molar-refractivity contribution is 0.749. The van der Waals surface area contributed by atoms with Gasteiger partial charge in [-0.15, -0.1) is 0 Å². The first-order chi connectivity index (χ1) is 6.33. The van der Waals surface area contributed by atoms with Crippen molar-refractivity contribution in [1.82, 2.24) is 0 Å². The highest BCUT2D eigenvalue weighted by molar-refractivity contribution is 7.99. The van der Waals surface area contributed by atoms with E-state index >= 15 is 0 Å². The molecule has 0 spiro atoms. The van der Waals surface area contributed by atoms with Crippen LogP contribution in [0.3, 0.4) is 0 Å². The summed E-state index contributed by atoms with van der Waals surface area (Å²) in [6, 6.07) is 10.7. The lowest BCUT2D eigenvalue weighted by Crippen LogP contribution is -2.25. The molecular formula is C11H17NS. The third kappa shape index (κ3) is 4.34. The van der Waals surface area contributed by atoms with Crippen LogP contribution < -0.4 is 5.73 Å². The normalized spacial score (nSPS) is 12.8. The minimum absolute atomic E-state index is 0.298. The number of hydrogen-bond donors (Lipinski definition) is 1. The molecule has 0 fully saturated rings. The summed E-state index contributed by atoms with van der Waals surface area (Å²) in [6.45, 7) is 2.17. The molecule has 0 aliphatic heterocycles. The number of nitrogens with two attached hydrogens (primary N) is 1. The van der Waals surface area contributed by atoms with E-state index in [4.69, 9.17) is 5.73 Å². The Labute approximate surface area is 84.7 Å². The molecule has 1 aromatic rings. The maximum Gasteiger partial charge on any atom is 0.0171 e. The van der Waals surface area contributed by atoms with Crippen molar-refractivity contribution < 1.29 is 0 Å². The quantitative estimate of drug-likeness (QED) is 0.780. The molecule has 0 amide bonds. The third-order valence-electron chi connectivity index (χ3n) is 1.88. The van der Waals surface area contributed by atoms with E-state index in [9.17, 15) is 0 Å². The number of thioether (sulfide) groups is 1. The summed E-state index contributed by atoms with van der Waals surface area (Å²) in [6.07, 6.45) is 0.994. The first-order valence-electron chi connectivity index (χ1n) is 4.70. The van der Waals surface area contributed by atoms with Crippen molar-refractivity contribution >= 4 is 11.8 Å². The van der Waals surface area contributed by atoms with Gasteiger partial charge in [0.2, 0.25) is 0 Å². The van der Waals surface area contributed by atoms with Crippen molar-refractivity contribution in [3.63, 3.8) is 0 Å². The van der Waals surface area contributed by atoms with Crippen molar-refractivity contribution in [3.8, 4) is 0 Å². The van der Waals surface area contributed by atoms with Crippen molar-refractivity contribution in [3.05, 3.63) is 35.9 Å². The van der Waals surface area contributed by atoms with E-state index in [2.05, 4.69) is 31.2 Å². The van der Waals surface area contributed by atoms with Crippen LogP contribution in [-0.4, -0.2) is 17.5 Å². The largest absolute Gasteiger partial charge is 0.327 e. The zero-order valence-corrected chi connectivity index (χ0v) is 8.89. The molecule has 1 rings (SSSR count). The Morgan fingerprint density at radius 2 is 2.00 bits per heavy atom. The lowest BCUT2D eigenvalue weighted by Gasteiger charge is -2.10. The van der Waals surface area contributed by atoms with Crippen LogP contribution in [-0.2, 0) is 6.42 Å². The molecule has 1 atom stereocenters. The lowest BCUT2D eigenvalue weighted by atomic mass is 10.1. The summed E-state index contributed by atoms with van der Waals surface area (Å²) >= 11 is 1.91. The van der Waals surface area contributed by atoms with Crippen LogP contribution in [0.15, 0.2) is 30.3 Å². The van der Waals surface area contributed by atoms with Gasteiger partial charge in [-0.05, 0) is 17.7 Å². The molecule has 0 radical (unpaired) electrons. The smallest absolute Gasteiger partial charge is 0.0171 e. The standard InChI is InChI=1S/C11H17NS/c1-2-13-9-11(12)8-10-6-4-3-5-7-10/h3-7,11H,2,8-9,12H2,1H3. The molecule has 72 valence electrons. The maximum absolute atomic E-state index is 5.97. The Morgan fingerprint density at radius 3 is 2.62 bits per heavy atom. The number of hydrogen-bond acceptors (Lipinski definition) is 2. The Kier molecular flexibility index (Phi) is 4.94. The minimum atomic E-state index is 0.298. The molecule has 13 heavy (non-hydrogen) atoms. The molecular weight excluding hydrogens is 178 g/mol. The van der Waals surface area contributed by atoms with Gasteiger partial charge in [0.15, 0.2) is 0 Å². The second kappa shape index (κ2) is 6.06. The zero-order valence-electron chi connectivity index (χ0n) is 8.07. The fraction of sp³-hybridized carbons (Fsp3) is 0.455. The van der Waals surface area contributed by atoms with E-state index in [0.717, 1.165) is 17.9 Å². The van der Waals surface area contributed by atoms with Crippen molar-refractivity contribution in [2.75, 3.05) is 11.5 Å². The van der Waals surface area contributed by atoms with E-state index in [-0.39, 0.29) is 0 Å². The van der Waals surface area contributed by atoms with Crippen LogP contribution >= 0.6 is 11.8 Å². The minimum Gasteiger partial charge on any atom is -0.327 e. The molecule has 1 aromatic carbocycles. The van der Waals surface area contributed by atoms with Crippen LogP contribution in [0.4, 0.5) is 0 Å². The summed E-state index contributed by atoms with van der Waals surface area (Å²) in [5, 5.41) is 0. The Morgan fingerprint density at radius 1 is 1.31 bits per heavy atom. The molecule has 0 aliphatic carbocycles. The van der Waals surface area contributed by atoms with Crippen LogP contribution in [0.1, 0.15) is 12.5 Å². The van der Waals surface area contributed by atoms with Crippen LogP contribution in [0.5, 0.6) is 0 Å². The van der Waals surface area contributed by atoms with Gasteiger partial charge >= 0.3 is 0 Å². The Balaban J connectivity index is 2.32. The number of rotatable bonds is 5. The fourth-order valence-corrected chi connectivity index (χ4v) is 1.90. The zero-order chi connectivity index (χ0) is 9.52. The summed E-state index contributed by atoms with van der Waals surface area (Å²) in [4.78, 5) is 0. The van der Waals surface area contributed by atoms with Gasteiger partial charge < -0.3 is 5.73 Å². The van der Waals surface area contributed by atoms with Gasteiger partial charge in [0.1, 0.15) is 0 Å². The second-order valence-corrected chi connectivity index (χ2v) is 4.43. The summed E-state index contributed by atoms with van der Waals surface area (Å²) in [5.74, 6) is 2.22. The molecule has 0 saturated heterocycles. The van der Waals surface area contributed by atoms with E-state index in [0.29, 0.717) is 6.04 Å². The van der Waals surface area contributed by atoms with Gasteiger partial charge in [0.25, 0.3) is 0 Å². The average molecular weight is 195 g/mol. The van der Waals surface area contributed by atoms with Gasteiger partial charge in [-0.1, -0.05) is 37.3 Å². The predicted molar refractivity (Wildman–Crippen MR) is 61.1 cm³/mol. The Hall–Kier alpha value is -0.470. The predicted octanol–water partition coefficient (Wildman–Crippen LogP) is 2.31. The highest BCUT2D eigenvalue weighted by Gasteiger charge is 2.02. The maximum atomic E-state index is 5.97. The van der Waals surface area contributed by atoms with Crippen LogP contribution in [0.2, 0.25) is 0 Å². The Bertz CT molecular complexity index is 223. The third-order valence-corrected chi connectivity index (χ3v) is 2.95. The molecule has 2 N–H and O–H groups in total. The fourth-order valence-electron chi connectivity index (χ4n) is 1.24. The highest BCUT2D eigenvalue weighted by atomic mass is 32.2. The molecule has 0 aliphatic rings. The summed E-state index contributed by atoms with van der Waals surface area (Å²) in [7, 11) is 0. The van der Waals surface area contributed by atoms with Gasteiger partial charge in [-0.25, -0.2) is 0 Å². The average Bonchev–Trinajstić information content (AvgIpc) is 2.16. The van der Waals surface area contributed by atoms with Gasteiger partial charge in [0, 0.05) is 11.8 Å². The van der Waals surface area contributed by atoms with E-state index in [1.54, 1.807) is 0 Å². The molecule has 0 heterocycles. The molecule has 0 saturated carbocycles. The summed E-state index contributed by atoms with van der Waals surface area (Å²) < 4.78 is 0. The molecule has 1 nitrogen and oxygen atoms in total. The highest BCUT2D eigenvalue weighted by Crippen LogP contribution is 2.06. The molecule has 1 unspecified atom stereocenters. The van der Waals surface area contributed by atoms with E-state index < -0.39 is 0 Å². The van der Waals surface area contributed by atoms with Gasteiger partial charge in [-0.3, -0.25) is 0 Å². The summed E-state index contributed by atoms with van der Waals surface area (Å²) in [5.41, 5.74) is 7.31. The first-order valence-corrected chi connectivity index (χ1v) is 5.85. The molecule has 0 aromatic heterocycles. The topological polar surface area (TPSA) is 26.0 Å². The van der Waals surface area contributed by atoms with Crippen molar-refractivity contribution in [1.29, 1.82) is 0 Å². The van der Waals surface area contributed by atoms with Gasteiger partial charge in [-0.2, -0.15) is 11.8 Å². The van der Waals surface area contributed by atoms with E-state index in [1.807, 2.05) is 17.8 Å². The SMILES string of the molecule is CCSCC(N)Cc1ccccc1. The molecule has 0 bridgehead atoms.